The Labute approximate surface area is 155 Å². The largest absolute Gasteiger partial charge is 0.317 e. The van der Waals surface area contributed by atoms with E-state index in [1.165, 1.54) is 10.4 Å². The molecule has 7 nitrogen and oxygen atoms in total. The summed E-state index contributed by atoms with van der Waals surface area (Å²) in [5.74, 6) is 0.233. The molecule has 2 aromatic heterocycles. The fourth-order valence-corrected chi connectivity index (χ4v) is 3.97. The summed E-state index contributed by atoms with van der Waals surface area (Å²) in [6, 6.07) is 7.87. The number of carbonyl (C=O) groups excluding carboxylic acids is 1. The Bertz CT molecular complexity index is 895. The summed E-state index contributed by atoms with van der Waals surface area (Å²) >= 11 is 1.54. The van der Waals surface area contributed by atoms with E-state index >= 15 is 0 Å². The lowest BCUT2D eigenvalue weighted by atomic mass is 9.97. The van der Waals surface area contributed by atoms with Crippen LogP contribution in [-0.4, -0.2) is 39.0 Å². The van der Waals surface area contributed by atoms with Gasteiger partial charge >= 0.3 is 0 Å². The second-order valence-corrected chi connectivity index (χ2v) is 7.49. The van der Waals surface area contributed by atoms with Crippen molar-refractivity contribution in [2.75, 3.05) is 18.4 Å². The van der Waals surface area contributed by atoms with Crippen molar-refractivity contribution in [3.8, 4) is 5.69 Å². The molecule has 1 aliphatic rings. The van der Waals surface area contributed by atoms with Crippen LogP contribution in [0, 0.1) is 6.92 Å². The fourth-order valence-electron chi connectivity index (χ4n) is 2.99. The standard InChI is InChI=1S/C18H20N6OS/c1-12-2-4-14(5-3-12)24-11-15(22-23-24)17(25)21-18-20-10-16(26-18)13-6-8-19-9-7-13/h2-5,10-11,13,19H,6-9H2,1H3,(H,20,21,25). The maximum Gasteiger partial charge on any atom is 0.279 e. The number of hydrogen-bond donors (Lipinski definition) is 2. The van der Waals surface area contributed by atoms with E-state index in [9.17, 15) is 4.79 Å². The smallest absolute Gasteiger partial charge is 0.279 e. The van der Waals surface area contributed by atoms with Crippen LogP contribution in [0.3, 0.4) is 0 Å². The Hall–Kier alpha value is -2.58. The van der Waals surface area contributed by atoms with Gasteiger partial charge in [-0.25, -0.2) is 9.67 Å². The minimum Gasteiger partial charge on any atom is -0.317 e. The molecule has 8 heteroatoms. The summed E-state index contributed by atoms with van der Waals surface area (Å²) in [5.41, 5.74) is 2.30. The molecule has 0 radical (unpaired) electrons. The second-order valence-electron chi connectivity index (χ2n) is 6.43. The third kappa shape index (κ3) is 3.66. The van der Waals surface area contributed by atoms with Crippen molar-refractivity contribution < 1.29 is 4.79 Å². The molecule has 3 aromatic rings. The molecular weight excluding hydrogens is 348 g/mol. The normalized spacial score (nSPS) is 15.1. The first-order chi connectivity index (χ1) is 12.7. The maximum atomic E-state index is 12.4. The number of piperidine rings is 1. The first-order valence-electron chi connectivity index (χ1n) is 8.66. The van der Waals surface area contributed by atoms with Crippen molar-refractivity contribution in [1.82, 2.24) is 25.3 Å². The van der Waals surface area contributed by atoms with Gasteiger partial charge in [-0.2, -0.15) is 0 Å². The number of carbonyl (C=O) groups is 1. The average Bonchev–Trinajstić information content (AvgIpc) is 3.33. The third-order valence-corrected chi connectivity index (χ3v) is 5.59. The van der Waals surface area contributed by atoms with Crippen molar-refractivity contribution in [2.45, 2.75) is 25.7 Å². The topological polar surface area (TPSA) is 84.7 Å². The van der Waals surface area contributed by atoms with Gasteiger partial charge in [0.05, 0.1) is 11.9 Å². The van der Waals surface area contributed by atoms with Gasteiger partial charge in [-0.3, -0.25) is 10.1 Å². The molecule has 1 aromatic carbocycles. The summed E-state index contributed by atoms with van der Waals surface area (Å²) in [4.78, 5) is 18.0. The van der Waals surface area contributed by atoms with E-state index in [0.717, 1.165) is 31.6 Å². The number of rotatable bonds is 4. The van der Waals surface area contributed by atoms with Crippen LogP contribution in [0.5, 0.6) is 0 Å². The summed E-state index contributed by atoms with van der Waals surface area (Å²) < 4.78 is 1.59. The van der Waals surface area contributed by atoms with Crippen LogP contribution in [-0.2, 0) is 0 Å². The van der Waals surface area contributed by atoms with Gasteiger partial charge in [0.2, 0.25) is 0 Å². The minimum atomic E-state index is -0.297. The zero-order valence-electron chi connectivity index (χ0n) is 14.5. The number of amides is 1. The molecule has 0 unspecified atom stereocenters. The Morgan fingerprint density at radius 1 is 1.27 bits per heavy atom. The van der Waals surface area contributed by atoms with Crippen molar-refractivity contribution in [3.05, 3.63) is 52.8 Å². The molecule has 3 heterocycles. The predicted molar refractivity (Wildman–Crippen MR) is 101 cm³/mol. The Morgan fingerprint density at radius 3 is 2.81 bits per heavy atom. The molecule has 134 valence electrons. The van der Waals surface area contributed by atoms with Gasteiger partial charge in [0.15, 0.2) is 10.8 Å². The number of nitrogens with one attached hydrogen (secondary N) is 2. The summed E-state index contributed by atoms with van der Waals surface area (Å²) in [6.07, 6.45) is 5.72. The van der Waals surface area contributed by atoms with E-state index in [1.807, 2.05) is 37.4 Å². The highest BCUT2D eigenvalue weighted by molar-refractivity contribution is 7.15. The SMILES string of the molecule is Cc1ccc(-n2cc(C(=O)Nc3ncc(C4CCNCC4)s3)nn2)cc1. The molecule has 0 atom stereocenters. The lowest BCUT2D eigenvalue weighted by Gasteiger charge is -2.20. The maximum absolute atomic E-state index is 12.4. The van der Waals surface area contributed by atoms with Crippen LogP contribution < -0.4 is 10.6 Å². The Kier molecular flexibility index (Phi) is 4.77. The van der Waals surface area contributed by atoms with Crippen molar-refractivity contribution in [2.24, 2.45) is 0 Å². The molecule has 4 rings (SSSR count). The highest BCUT2D eigenvalue weighted by Gasteiger charge is 2.19. The molecule has 0 aliphatic carbocycles. The number of aryl methyl sites for hydroxylation is 1. The van der Waals surface area contributed by atoms with Gasteiger partial charge in [-0.05, 0) is 50.9 Å². The van der Waals surface area contributed by atoms with Crippen molar-refractivity contribution in [1.29, 1.82) is 0 Å². The van der Waals surface area contributed by atoms with Crippen LogP contribution in [0.4, 0.5) is 5.13 Å². The Morgan fingerprint density at radius 2 is 2.04 bits per heavy atom. The van der Waals surface area contributed by atoms with E-state index in [4.69, 9.17) is 0 Å². The van der Waals surface area contributed by atoms with E-state index in [2.05, 4.69) is 25.9 Å². The van der Waals surface area contributed by atoms with Crippen molar-refractivity contribution >= 4 is 22.4 Å². The number of benzene rings is 1. The van der Waals surface area contributed by atoms with Gasteiger partial charge in [0.25, 0.3) is 5.91 Å². The number of hydrogen-bond acceptors (Lipinski definition) is 6. The molecule has 0 bridgehead atoms. The van der Waals surface area contributed by atoms with E-state index in [0.29, 0.717) is 11.0 Å². The third-order valence-electron chi connectivity index (χ3n) is 4.51. The molecule has 0 spiro atoms. The number of thiazole rings is 1. The van der Waals surface area contributed by atoms with Crippen LogP contribution in [0.1, 0.15) is 39.7 Å². The first kappa shape index (κ1) is 16.9. The van der Waals surface area contributed by atoms with Crippen LogP contribution >= 0.6 is 11.3 Å². The lowest BCUT2D eigenvalue weighted by Crippen LogP contribution is -2.26. The number of anilines is 1. The molecule has 26 heavy (non-hydrogen) atoms. The van der Waals surface area contributed by atoms with Crippen LogP contribution in [0.25, 0.3) is 5.69 Å². The number of aromatic nitrogens is 4. The molecule has 1 fully saturated rings. The summed E-state index contributed by atoms with van der Waals surface area (Å²) in [5, 5.41) is 14.8. The highest BCUT2D eigenvalue weighted by atomic mass is 32.1. The molecular formula is C18H20N6OS. The second kappa shape index (κ2) is 7.35. The van der Waals surface area contributed by atoms with E-state index in [-0.39, 0.29) is 11.6 Å². The molecule has 1 amide bonds. The fraction of sp³-hybridized carbons (Fsp3) is 0.333. The zero-order chi connectivity index (χ0) is 17.9. The van der Waals surface area contributed by atoms with E-state index < -0.39 is 0 Å². The predicted octanol–water partition coefficient (Wildman–Crippen LogP) is 2.75. The van der Waals surface area contributed by atoms with Gasteiger partial charge in [0, 0.05) is 11.1 Å². The first-order valence-corrected chi connectivity index (χ1v) is 9.48. The number of nitrogens with zero attached hydrogens (tertiary/aromatic N) is 4. The summed E-state index contributed by atoms with van der Waals surface area (Å²) in [7, 11) is 0. The zero-order valence-corrected chi connectivity index (χ0v) is 15.3. The molecule has 2 N–H and O–H groups in total. The van der Waals surface area contributed by atoms with Crippen LogP contribution in [0.2, 0.25) is 0 Å². The van der Waals surface area contributed by atoms with Crippen LogP contribution in [0.15, 0.2) is 36.7 Å². The van der Waals surface area contributed by atoms with Gasteiger partial charge in [-0.1, -0.05) is 22.9 Å². The Balaban J connectivity index is 1.44. The molecule has 1 saturated heterocycles. The lowest BCUT2D eigenvalue weighted by molar-refractivity contribution is 0.102. The molecule has 1 aliphatic heterocycles. The quantitative estimate of drug-likeness (QED) is 0.740. The summed E-state index contributed by atoms with van der Waals surface area (Å²) in [6.45, 7) is 4.09. The minimum absolute atomic E-state index is 0.268. The van der Waals surface area contributed by atoms with Gasteiger partial charge in [0.1, 0.15) is 0 Å². The molecule has 0 saturated carbocycles. The van der Waals surface area contributed by atoms with Gasteiger partial charge < -0.3 is 5.32 Å². The van der Waals surface area contributed by atoms with Gasteiger partial charge in [-0.15, -0.1) is 16.4 Å². The highest BCUT2D eigenvalue weighted by Crippen LogP contribution is 2.31. The monoisotopic (exact) mass is 368 g/mol. The van der Waals surface area contributed by atoms with Crippen molar-refractivity contribution in [3.63, 3.8) is 0 Å². The average molecular weight is 368 g/mol. The van der Waals surface area contributed by atoms with E-state index in [1.54, 1.807) is 22.2 Å².